The molecular weight excluding hydrogens is 253 g/mol. The number of benzene rings is 2. The lowest BCUT2D eigenvalue weighted by Gasteiger charge is -2.09. The molecule has 0 atom stereocenters. The van der Waals surface area contributed by atoms with Gasteiger partial charge < -0.3 is 4.74 Å². The van der Waals surface area contributed by atoms with Crippen LogP contribution >= 0.6 is 0 Å². The summed E-state index contributed by atoms with van der Waals surface area (Å²) >= 11 is 0. The lowest BCUT2D eigenvalue weighted by molar-refractivity contribution is -0.274. The van der Waals surface area contributed by atoms with Gasteiger partial charge in [-0.3, -0.25) is 0 Å². The van der Waals surface area contributed by atoms with Crippen molar-refractivity contribution >= 4 is 0 Å². The number of hydrogen-bond acceptors (Lipinski definition) is 1. The van der Waals surface area contributed by atoms with E-state index in [-0.39, 0.29) is 5.75 Å². The van der Waals surface area contributed by atoms with Crippen molar-refractivity contribution in [1.29, 1.82) is 0 Å². The number of alkyl halides is 3. The molecule has 0 aliphatic rings. The fraction of sp³-hybridized carbons (Fsp3) is 0.200. The Kier molecular flexibility index (Phi) is 3.79. The maximum absolute atomic E-state index is 12.0. The molecule has 1 nitrogen and oxygen atoms in total. The van der Waals surface area contributed by atoms with E-state index in [1.54, 1.807) is 12.1 Å². The van der Waals surface area contributed by atoms with Crippen molar-refractivity contribution < 1.29 is 17.9 Å². The van der Waals surface area contributed by atoms with Crippen LogP contribution in [0.4, 0.5) is 13.2 Å². The Morgan fingerprint density at radius 2 is 1.32 bits per heavy atom. The average Bonchev–Trinajstić information content (AvgIpc) is 2.33. The summed E-state index contributed by atoms with van der Waals surface area (Å²) in [7, 11) is 0. The third-order valence-electron chi connectivity index (χ3n) is 2.69. The molecule has 0 fully saturated rings. The standard InChI is InChI=1S/C15H13F3O/c1-11-2-4-12(5-3-11)10-13-6-8-14(9-7-13)19-15(16,17)18/h2-9H,10H2,1H3. The summed E-state index contributed by atoms with van der Waals surface area (Å²) in [4.78, 5) is 0. The van der Waals surface area contributed by atoms with Crippen molar-refractivity contribution in [2.75, 3.05) is 0 Å². The Labute approximate surface area is 109 Å². The van der Waals surface area contributed by atoms with Crippen molar-refractivity contribution in [1.82, 2.24) is 0 Å². The fourth-order valence-electron chi connectivity index (χ4n) is 1.75. The summed E-state index contributed by atoms with van der Waals surface area (Å²) in [5, 5.41) is 0. The summed E-state index contributed by atoms with van der Waals surface area (Å²) in [6, 6.07) is 14.0. The average molecular weight is 266 g/mol. The molecule has 0 aliphatic heterocycles. The highest BCUT2D eigenvalue weighted by atomic mass is 19.4. The molecule has 0 heterocycles. The monoisotopic (exact) mass is 266 g/mol. The summed E-state index contributed by atoms with van der Waals surface area (Å²) < 4.78 is 39.8. The van der Waals surface area contributed by atoms with Crippen LogP contribution in [0.2, 0.25) is 0 Å². The van der Waals surface area contributed by atoms with Gasteiger partial charge in [0.05, 0.1) is 0 Å². The van der Waals surface area contributed by atoms with E-state index in [9.17, 15) is 13.2 Å². The molecule has 100 valence electrons. The zero-order valence-corrected chi connectivity index (χ0v) is 10.4. The minimum atomic E-state index is -4.64. The largest absolute Gasteiger partial charge is 0.573 e. The molecule has 0 aliphatic carbocycles. The molecule has 0 amide bonds. The van der Waals surface area contributed by atoms with Gasteiger partial charge in [-0.2, -0.15) is 0 Å². The molecule has 2 aromatic carbocycles. The molecule has 19 heavy (non-hydrogen) atoms. The first-order valence-corrected chi connectivity index (χ1v) is 5.83. The first kappa shape index (κ1) is 13.5. The maximum Gasteiger partial charge on any atom is 0.573 e. The van der Waals surface area contributed by atoms with E-state index in [0.29, 0.717) is 6.42 Å². The first-order valence-electron chi connectivity index (χ1n) is 5.83. The van der Waals surface area contributed by atoms with Crippen LogP contribution in [-0.2, 0) is 6.42 Å². The molecule has 0 aromatic heterocycles. The highest BCUT2D eigenvalue weighted by Crippen LogP contribution is 2.23. The van der Waals surface area contributed by atoms with Gasteiger partial charge in [0, 0.05) is 0 Å². The third-order valence-corrected chi connectivity index (χ3v) is 2.69. The molecule has 0 spiro atoms. The second-order valence-corrected chi connectivity index (χ2v) is 4.35. The summed E-state index contributed by atoms with van der Waals surface area (Å²) in [5.41, 5.74) is 3.24. The topological polar surface area (TPSA) is 9.23 Å². The highest BCUT2D eigenvalue weighted by molar-refractivity contribution is 5.32. The van der Waals surface area contributed by atoms with Crippen LogP contribution in [0.3, 0.4) is 0 Å². The molecule has 2 rings (SSSR count). The van der Waals surface area contributed by atoms with E-state index in [1.807, 2.05) is 31.2 Å². The normalized spacial score (nSPS) is 11.4. The lowest BCUT2D eigenvalue weighted by atomic mass is 10.0. The maximum atomic E-state index is 12.0. The second-order valence-electron chi connectivity index (χ2n) is 4.35. The van der Waals surface area contributed by atoms with Crippen LogP contribution in [0.5, 0.6) is 5.75 Å². The van der Waals surface area contributed by atoms with E-state index in [2.05, 4.69) is 4.74 Å². The molecule has 0 radical (unpaired) electrons. The van der Waals surface area contributed by atoms with Crippen molar-refractivity contribution in [2.24, 2.45) is 0 Å². The van der Waals surface area contributed by atoms with E-state index < -0.39 is 6.36 Å². The van der Waals surface area contributed by atoms with E-state index >= 15 is 0 Å². The molecule has 0 N–H and O–H groups in total. The SMILES string of the molecule is Cc1ccc(Cc2ccc(OC(F)(F)F)cc2)cc1. The minimum absolute atomic E-state index is 0.194. The van der Waals surface area contributed by atoms with Gasteiger partial charge in [-0.1, -0.05) is 42.0 Å². The van der Waals surface area contributed by atoms with Crippen LogP contribution in [0.25, 0.3) is 0 Å². The van der Waals surface area contributed by atoms with Gasteiger partial charge in [-0.05, 0) is 36.6 Å². The minimum Gasteiger partial charge on any atom is -0.406 e. The van der Waals surface area contributed by atoms with Gasteiger partial charge in [0.2, 0.25) is 0 Å². The first-order chi connectivity index (χ1) is 8.92. The third kappa shape index (κ3) is 4.32. The van der Waals surface area contributed by atoms with Crippen molar-refractivity contribution in [3.05, 3.63) is 65.2 Å². The van der Waals surface area contributed by atoms with Gasteiger partial charge in [-0.25, -0.2) is 0 Å². The molecule has 0 unspecified atom stereocenters. The summed E-state index contributed by atoms with van der Waals surface area (Å²) in [5.74, 6) is -0.194. The number of hydrogen-bond donors (Lipinski definition) is 0. The van der Waals surface area contributed by atoms with Crippen molar-refractivity contribution in [3.8, 4) is 5.75 Å². The Hall–Kier alpha value is -1.97. The lowest BCUT2D eigenvalue weighted by Crippen LogP contribution is -2.17. The van der Waals surface area contributed by atoms with Crippen LogP contribution in [-0.4, -0.2) is 6.36 Å². The van der Waals surface area contributed by atoms with Gasteiger partial charge in [0.15, 0.2) is 0 Å². The predicted octanol–water partition coefficient (Wildman–Crippen LogP) is 4.48. The predicted molar refractivity (Wildman–Crippen MR) is 67.1 cm³/mol. The number of halogens is 3. The van der Waals surface area contributed by atoms with E-state index in [1.165, 1.54) is 17.7 Å². The molecule has 0 saturated carbocycles. The van der Waals surface area contributed by atoms with Crippen molar-refractivity contribution in [3.63, 3.8) is 0 Å². The quantitative estimate of drug-likeness (QED) is 0.795. The van der Waals surface area contributed by atoms with E-state index in [4.69, 9.17) is 0 Å². The van der Waals surface area contributed by atoms with Crippen LogP contribution in [0.1, 0.15) is 16.7 Å². The summed E-state index contributed by atoms with van der Waals surface area (Å²) in [6.07, 6.45) is -3.95. The van der Waals surface area contributed by atoms with Gasteiger partial charge in [0.1, 0.15) is 5.75 Å². The Bertz CT molecular complexity index is 527. The van der Waals surface area contributed by atoms with Gasteiger partial charge in [0.25, 0.3) is 0 Å². The molecule has 2 aromatic rings. The zero-order chi connectivity index (χ0) is 13.9. The smallest absolute Gasteiger partial charge is 0.406 e. The summed E-state index contributed by atoms with van der Waals surface area (Å²) in [6.45, 7) is 2.01. The number of aryl methyl sites for hydroxylation is 1. The number of ether oxygens (including phenoxy) is 1. The van der Waals surface area contributed by atoms with Crippen LogP contribution in [0, 0.1) is 6.92 Å². The molecule has 0 saturated heterocycles. The number of rotatable bonds is 3. The highest BCUT2D eigenvalue weighted by Gasteiger charge is 2.30. The Morgan fingerprint density at radius 1 is 0.842 bits per heavy atom. The van der Waals surface area contributed by atoms with Gasteiger partial charge >= 0.3 is 6.36 Å². The Morgan fingerprint density at radius 3 is 1.79 bits per heavy atom. The Balaban J connectivity index is 2.04. The van der Waals surface area contributed by atoms with E-state index in [0.717, 1.165) is 11.1 Å². The van der Waals surface area contributed by atoms with Crippen LogP contribution < -0.4 is 4.74 Å². The van der Waals surface area contributed by atoms with Crippen LogP contribution in [0.15, 0.2) is 48.5 Å². The van der Waals surface area contributed by atoms with Gasteiger partial charge in [-0.15, -0.1) is 13.2 Å². The zero-order valence-electron chi connectivity index (χ0n) is 10.4. The molecule has 4 heteroatoms. The van der Waals surface area contributed by atoms with Crippen molar-refractivity contribution in [2.45, 2.75) is 19.7 Å². The second kappa shape index (κ2) is 5.34. The molecule has 0 bridgehead atoms. The fourth-order valence-corrected chi connectivity index (χ4v) is 1.75. The molecular formula is C15H13F3O.